The van der Waals surface area contributed by atoms with E-state index >= 15 is 0 Å². The van der Waals surface area contributed by atoms with Crippen LogP contribution in [-0.2, 0) is 0 Å². The van der Waals surface area contributed by atoms with Gasteiger partial charge in [0, 0.05) is 18.6 Å². The Morgan fingerprint density at radius 3 is 2.43 bits per heavy atom. The average Bonchev–Trinajstić information content (AvgIpc) is 2.95. The first-order valence-corrected chi connectivity index (χ1v) is 8.22. The van der Waals surface area contributed by atoms with Gasteiger partial charge in [0.2, 0.25) is 0 Å². The zero-order valence-corrected chi connectivity index (χ0v) is 13.8. The number of nitrogens with one attached hydrogen (secondary N) is 1. The summed E-state index contributed by atoms with van der Waals surface area (Å²) < 4.78 is 13.7. The fraction of sp³-hybridized carbons (Fsp3) is 0.667. The van der Waals surface area contributed by atoms with Crippen molar-refractivity contribution in [3.8, 4) is 0 Å². The maximum Gasteiger partial charge on any atom is 0.126 e. The third-order valence-corrected chi connectivity index (χ3v) is 4.71. The molecule has 1 aromatic carbocycles. The van der Waals surface area contributed by atoms with E-state index < -0.39 is 0 Å². The van der Waals surface area contributed by atoms with Crippen LogP contribution in [0.25, 0.3) is 0 Å². The van der Waals surface area contributed by atoms with Crippen molar-refractivity contribution in [3.05, 3.63) is 35.1 Å². The van der Waals surface area contributed by atoms with Crippen LogP contribution in [0.3, 0.4) is 0 Å². The van der Waals surface area contributed by atoms with Gasteiger partial charge in [0.25, 0.3) is 0 Å². The van der Waals surface area contributed by atoms with Crippen molar-refractivity contribution in [2.45, 2.75) is 52.6 Å². The third-order valence-electron chi connectivity index (χ3n) is 4.71. The minimum atomic E-state index is -0.110. The standard InChI is InChI=1S/C18H29FN2/c1-13(2)18(21-9-5-6-10-21)12-20-15(4)16-8-7-14(3)17(19)11-16/h7-8,11,13,15,18,20H,5-6,9-10,12H2,1-4H3. The van der Waals surface area contributed by atoms with E-state index in [2.05, 4.69) is 31.0 Å². The number of aryl methyl sites for hydroxylation is 1. The first kappa shape index (κ1) is 16.4. The van der Waals surface area contributed by atoms with Crippen LogP contribution in [0.1, 0.15) is 50.8 Å². The molecule has 0 radical (unpaired) electrons. The summed E-state index contributed by atoms with van der Waals surface area (Å²) in [5, 5.41) is 3.60. The molecule has 21 heavy (non-hydrogen) atoms. The lowest BCUT2D eigenvalue weighted by atomic mass is 10.0. The van der Waals surface area contributed by atoms with Gasteiger partial charge in [0.05, 0.1) is 0 Å². The maximum absolute atomic E-state index is 13.7. The highest BCUT2D eigenvalue weighted by Crippen LogP contribution is 2.20. The van der Waals surface area contributed by atoms with Crippen LogP contribution in [0.5, 0.6) is 0 Å². The van der Waals surface area contributed by atoms with Crippen LogP contribution < -0.4 is 5.32 Å². The Hall–Kier alpha value is -0.930. The van der Waals surface area contributed by atoms with E-state index in [4.69, 9.17) is 0 Å². The number of benzene rings is 1. The Kier molecular flexibility index (Phi) is 5.77. The first-order chi connectivity index (χ1) is 9.99. The molecular formula is C18H29FN2. The molecule has 1 aliphatic heterocycles. The van der Waals surface area contributed by atoms with Crippen LogP contribution in [0.4, 0.5) is 4.39 Å². The SMILES string of the molecule is Cc1ccc(C(C)NCC(C(C)C)N2CCCC2)cc1F. The van der Waals surface area contributed by atoms with Gasteiger partial charge in [-0.2, -0.15) is 0 Å². The zero-order valence-electron chi connectivity index (χ0n) is 13.8. The predicted octanol–water partition coefficient (Wildman–Crippen LogP) is 3.91. The number of rotatable bonds is 6. The molecule has 2 unspecified atom stereocenters. The summed E-state index contributed by atoms with van der Waals surface area (Å²) in [6.45, 7) is 11.9. The number of nitrogens with zero attached hydrogens (tertiary/aromatic N) is 1. The lowest BCUT2D eigenvalue weighted by Gasteiger charge is -2.32. The molecule has 118 valence electrons. The van der Waals surface area contributed by atoms with Crippen LogP contribution in [0.2, 0.25) is 0 Å². The van der Waals surface area contributed by atoms with Crippen molar-refractivity contribution in [2.75, 3.05) is 19.6 Å². The molecule has 1 aromatic rings. The Labute approximate surface area is 128 Å². The quantitative estimate of drug-likeness (QED) is 0.855. The second kappa shape index (κ2) is 7.37. The summed E-state index contributed by atoms with van der Waals surface area (Å²) in [5.41, 5.74) is 1.74. The molecule has 1 fully saturated rings. The minimum absolute atomic E-state index is 0.110. The van der Waals surface area contributed by atoms with Gasteiger partial charge in [0.15, 0.2) is 0 Å². The largest absolute Gasteiger partial charge is 0.309 e. The first-order valence-electron chi connectivity index (χ1n) is 8.22. The molecule has 3 heteroatoms. The Morgan fingerprint density at radius 1 is 1.19 bits per heavy atom. The molecule has 2 nitrogen and oxygen atoms in total. The fourth-order valence-electron chi connectivity index (χ4n) is 3.15. The smallest absolute Gasteiger partial charge is 0.126 e. The number of likely N-dealkylation sites (tertiary alicyclic amines) is 1. The monoisotopic (exact) mass is 292 g/mol. The number of hydrogen-bond donors (Lipinski definition) is 1. The van der Waals surface area contributed by atoms with Crippen molar-refractivity contribution in [1.82, 2.24) is 10.2 Å². The van der Waals surface area contributed by atoms with Crippen molar-refractivity contribution < 1.29 is 4.39 Å². The summed E-state index contributed by atoms with van der Waals surface area (Å²) in [6.07, 6.45) is 2.64. The lowest BCUT2D eigenvalue weighted by molar-refractivity contribution is 0.183. The van der Waals surface area contributed by atoms with E-state index in [0.29, 0.717) is 17.5 Å². The summed E-state index contributed by atoms with van der Waals surface area (Å²) in [6, 6.07) is 6.31. The van der Waals surface area contributed by atoms with Crippen molar-refractivity contribution >= 4 is 0 Å². The molecular weight excluding hydrogens is 263 g/mol. The Morgan fingerprint density at radius 2 is 1.86 bits per heavy atom. The molecule has 1 aliphatic rings. The van der Waals surface area contributed by atoms with Crippen molar-refractivity contribution in [2.24, 2.45) is 5.92 Å². The molecule has 0 aliphatic carbocycles. The Bertz CT molecular complexity index is 453. The lowest BCUT2D eigenvalue weighted by Crippen LogP contribution is -2.44. The normalized spacial score (nSPS) is 19.1. The van der Waals surface area contributed by atoms with Crippen LogP contribution >= 0.6 is 0 Å². The molecule has 0 bridgehead atoms. The zero-order chi connectivity index (χ0) is 15.4. The molecule has 1 N–H and O–H groups in total. The van der Waals surface area contributed by atoms with Gasteiger partial charge in [0.1, 0.15) is 5.82 Å². The molecule has 0 aromatic heterocycles. The summed E-state index contributed by atoms with van der Waals surface area (Å²) >= 11 is 0. The van der Waals surface area contributed by atoms with Gasteiger partial charge in [-0.05, 0) is 62.9 Å². The maximum atomic E-state index is 13.7. The molecule has 0 spiro atoms. The highest BCUT2D eigenvalue weighted by molar-refractivity contribution is 5.25. The van der Waals surface area contributed by atoms with Crippen LogP contribution in [0.15, 0.2) is 18.2 Å². The average molecular weight is 292 g/mol. The molecule has 2 atom stereocenters. The van der Waals surface area contributed by atoms with E-state index in [9.17, 15) is 4.39 Å². The summed E-state index contributed by atoms with van der Waals surface area (Å²) in [4.78, 5) is 2.60. The van der Waals surface area contributed by atoms with Gasteiger partial charge in [-0.15, -0.1) is 0 Å². The Balaban J connectivity index is 1.94. The van der Waals surface area contributed by atoms with Crippen LogP contribution in [0, 0.1) is 18.7 Å². The highest BCUT2D eigenvalue weighted by Gasteiger charge is 2.24. The number of hydrogen-bond acceptors (Lipinski definition) is 2. The van der Waals surface area contributed by atoms with Crippen LogP contribution in [-0.4, -0.2) is 30.6 Å². The van der Waals surface area contributed by atoms with Crippen molar-refractivity contribution in [3.63, 3.8) is 0 Å². The van der Waals surface area contributed by atoms with E-state index in [1.165, 1.54) is 25.9 Å². The molecule has 0 saturated carbocycles. The van der Waals surface area contributed by atoms with E-state index in [0.717, 1.165) is 12.1 Å². The van der Waals surface area contributed by atoms with Gasteiger partial charge in [-0.25, -0.2) is 4.39 Å². The van der Waals surface area contributed by atoms with E-state index in [-0.39, 0.29) is 11.9 Å². The highest BCUT2D eigenvalue weighted by atomic mass is 19.1. The number of halogens is 1. The molecule has 1 saturated heterocycles. The summed E-state index contributed by atoms with van der Waals surface area (Å²) in [7, 11) is 0. The van der Waals surface area contributed by atoms with Gasteiger partial charge < -0.3 is 5.32 Å². The predicted molar refractivity (Wildman–Crippen MR) is 87.0 cm³/mol. The van der Waals surface area contributed by atoms with E-state index in [1.54, 1.807) is 13.0 Å². The fourth-order valence-corrected chi connectivity index (χ4v) is 3.15. The second-order valence-electron chi connectivity index (χ2n) is 6.69. The van der Waals surface area contributed by atoms with Gasteiger partial charge in [-0.1, -0.05) is 26.0 Å². The van der Waals surface area contributed by atoms with E-state index in [1.807, 2.05) is 12.1 Å². The minimum Gasteiger partial charge on any atom is -0.309 e. The topological polar surface area (TPSA) is 15.3 Å². The third kappa shape index (κ3) is 4.27. The molecule has 1 heterocycles. The summed E-state index contributed by atoms with van der Waals surface area (Å²) in [5.74, 6) is 0.527. The molecule has 2 rings (SSSR count). The van der Waals surface area contributed by atoms with Gasteiger partial charge in [-0.3, -0.25) is 4.90 Å². The second-order valence-corrected chi connectivity index (χ2v) is 6.69. The van der Waals surface area contributed by atoms with Gasteiger partial charge >= 0.3 is 0 Å². The van der Waals surface area contributed by atoms with Crippen molar-refractivity contribution in [1.29, 1.82) is 0 Å². The molecule has 0 amide bonds.